The van der Waals surface area contributed by atoms with E-state index in [0.717, 1.165) is 0 Å². The van der Waals surface area contributed by atoms with E-state index in [2.05, 4.69) is 45.8 Å². The van der Waals surface area contributed by atoms with Gasteiger partial charge in [-0.1, -0.05) is 50.8 Å². The highest BCUT2D eigenvalue weighted by atomic mass is 14.1. The highest BCUT2D eigenvalue weighted by Crippen LogP contribution is 2.19. The van der Waals surface area contributed by atoms with Gasteiger partial charge in [0, 0.05) is 0 Å². The number of benzene rings is 1. The molecule has 1 rings (SSSR count). The summed E-state index contributed by atoms with van der Waals surface area (Å²) in [7, 11) is 1.24. The molecule has 0 bridgehead atoms. The number of hydrogen-bond donors (Lipinski definition) is 0. The number of aryl methyl sites for hydroxylation is 1. The maximum Gasteiger partial charge on any atom is 0.122 e. The molecule has 0 spiro atoms. The molecule has 0 fully saturated rings. The van der Waals surface area contributed by atoms with Gasteiger partial charge in [-0.15, -0.1) is 0 Å². The molecule has 0 aliphatic heterocycles. The first-order valence-corrected chi connectivity index (χ1v) is 5.24. The Morgan fingerprint density at radius 1 is 1.31 bits per heavy atom. The fourth-order valence-corrected chi connectivity index (χ4v) is 1.83. The van der Waals surface area contributed by atoms with E-state index in [0.29, 0.717) is 5.92 Å². The Morgan fingerprint density at radius 3 is 2.46 bits per heavy atom. The fraction of sp³-hybridized carbons (Fsp3) is 0.500. The second-order valence-electron chi connectivity index (χ2n) is 4.10. The van der Waals surface area contributed by atoms with Crippen molar-refractivity contribution < 1.29 is 0 Å². The number of rotatable bonds is 3. The third kappa shape index (κ3) is 2.62. The fourth-order valence-electron chi connectivity index (χ4n) is 1.83. The van der Waals surface area contributed by atoms with Crippen LogP contribution in [-0.4, -0.2) is 7.28 Å². The minimum atomic E-state index is 0.649. The average molecular weight is 174 g/mol. The molecule has 1 aromatic rings. The first kappa shape index (κ1) is 10.4. The standard InChI is InChI=1S/C12H19B/c1-9(2)12-6-5-11(8-13-4)7-10(12)3/h5-7,9,13H,8H2,1-4H3. The van der Waals surface area contributed by atoms with Gasteiger partial charge in [-0.3, -0.25) is 0 Å². The van der Waals surface area contributed by atoms with E-state index < -0.39 is 0 Å². The maximum absolute atomic E-state index is 2.33. The minimum absolute atomic E-state index is 0.649. The summed E-state index contributed by atoms with van der Waals surface area (Å²) in [4.78, 5) is 0. The first-order valence-electron chi connectivity index (χ1n) is 5.24. The highest BCUT2D eigenvalue weighted by molar-refractivity contribution is 6.32. The molecule has 0 heterocycles. The largest absolute Gasteiger partial charge is 0.122 e. The predicted octanol–water partition coefficient (Wildman–Crippen LogP) is 3.10. The van der Waals surface area contributed by atoms with E-state index in [1.807, 2.05) is 0 Å². The molecule has 0 saturated heterocycles. The van der Waals surface area contributed by atoms with E-state index in [-0.39, 0.29) is 0 Å². The second kappa shape index (κ2) is 4.50. The molecule has 1 aromatic carbocycles. The van der Waals surface area contributed by atoms with Crippen molar-refractivity contribution >= 4 is 7.28 Å². The van der Waals surface area contributed by atoms with Gasteiger partial charge < -0.3 is 0 Å². The van der Waals surface area contributed by atoms with Gasteiger partial charge in [0.15, 0.2) is 0 Å². The van der Waals surface area contributed by atoms with Gasteiger partial charge in [-0.05, 0) is 24.0 Å². The average Bonchev–Trinajstić information content (AvgIpc) is 2.04. The van der Waals surface area contributed by atoms with Crippen LogP contribution < -0.4 is 0 Å². The smallest absolute Gasteiger partial charge is 0.0891 e. The molecular weight excluding hydrogens is 155 g/mol. The third-order valence-corrected chi connectivity index (χ3v) is 2.49. The quantitative estimate of drug-likeness (QED) is 0.617. The zero-order valence-electron chi connectivity index (χ0n) is 9.22. The summed E-state index contributed by atoms with van der Waals surface area (Å²) >= 11 is 0. The molecule has 0 aliphatic carbocycles. The summed E-state index contributed by atoms with van der Waals surface area (Å²) in [6.45, 7) is 8.95. The SMILES string of the molecule is CBCc1ccc(C(C)C)c(C)c1. The lowest BCUT2D eigenvalue weighted by molar-refractivity contribution is 0.855. The van der Waals surface area contributed by atoms with E-state index in [4.69, 9.17) is 0 Å². The van der Waals surface area contributed by atoms with Crippen molar-refractivity contribution in [3.8, 4) is 0 Å². The second-order valence-corrected chi connectivity index (χ2v) is 4.10. The van der Waals surface area contributed by atoms with Crippen molar-refractivity contribution in [2.24, 2.45) is 0 Å². The van der Waals surface area contributed by atoms with Crippen LogP contribution in [0.2, 0.25) is 6.82 Å². The topological polar surface area (TPSA) is 0 Å². The van der Waals surface area contributed by atoms with Crippen molar-refractivity contribution in [2.75, 3.05) is 0 Å². The van der Waals surface area contributed by atoms with Crippen molar-refractivity contribution in [3.05, 3.63) is 34.9 Å². The van der Waals surface area contributed by atoms with Crippen molar-refractivity contribution in [2.45, 2.75) is 39.8 Å². The number of hydrogen-bond acceptors (Lipinski definition) is 0. The van der Waals surface area contributed by atoms with Gasteiger partial charge in [-0.25, -0.2) is 0 Å². The summed E-state index contributed by atoms with van der Waals surface area (Å²) in [6.07, 6.45) is 1.21. The summed E-state index contributed by atoms with van der Waals surface area (Å²) < 4.78 is 0. The van der Waals surface area contributed by atoms with E-state index in [9.17, 15) is 0 Å². The lowest BCUT2D eigenvalue weighted by Crippen LogP contribution is -1.96. The summed E-state index contributed by atoms with van der Waals surface area (Å²) in [5, 5.41) is 0. The van der Waals surface area contributed by atoms with Gasteiger partial charge in [0.25, 0.3) is 0 Å². The lowest BCUT2D eigenvalue weighted by atomic mass is 9.74. The Hall–Kier alpha value is -0.715. The molecule has 70 valence electrons. The highest BCUT2D eigenvalue weighted by Gasteiger charge is 2.03. The Balaban J connectivity index is 2.92. The van der Waals surface area contributed by atoms with E-state index in [1.54, 1.807) is 0 Å². The van der Waals surface area contributed by atoms with Crippen LogP contribution >= 0.6 is 0 Å². The van der Waals surface area contributed by atoms with Crippen LogP contribution in [0, 0.1) is 6.92 Å². The minimum Gasteiger partial charge on any atom is -0.0891 e. The van der Waals surface area contributed by atoms with E-state index in [1.165, 1.54) is 30.3 Å². The summed E-state index contributed by atoms with van der Waals surface area (Å²) in [5.74, 6) is 0.649. The Labute approximate surface area is 82.6 Å². The van der Waals surface area contributed by atoms with Crippen molar-refractivity contribution in [1.82, 2.24) is 0 Å². The lowest BCUT2D eigenvalue weighted by Gasteiger charge is -2.10. The van der Waals surface area contributed by atoms with E-state index >= 15 is 0 Å². The maximum atomic E-state index is 2.33. The molecule has 0 atom stereocenters. The molecule has 0 radical (unpaired) electrons. The molecular formula is C12H19B. The van der Waals surface area contributed by atoms with Crippen LogP contribution in [-0.2, 0) is 6.32 Å². The molecule has 0 saturated carbocycles. The summed E-state index contributed by atoms with van der Waals surface area (Å²) in [6, 6.07) is 6.88. The zero-order valence-corrected chi connectivity index (χ0v) is 9.22. The van der Waals surface area contributed by atoms with Gasteiger partial charge in [0.2, 0.25) is 0 Å². The molecule has 0 nitrogen and oxygen atoms in total. The molecule has 1 heteroatoms. The molecule has 0 amide bonds. The van der Waals surface area contributed by atoms with Crippen LogP contribution in [0.4, 0.5) is 0 Å². The van der Waals surface area contributed by atoms with Gasteiger partial charge >= 0.3 is 0 Å². The van der Waals surface area contributed by atoms with Crippen molar-refractivity contribution in [3.63, 3.8) is 0 Å². The van der Waals surface area contributed by atoms with Gasteiger partial charge in [0.05, 0.1) is 0 Å². The van der Waals surface area contributed by atoms with Gasteiger partial charge in [0.1, 0.15) is 7.28 Å². The molecule has 0 aliphatic rings. The van der Waals surface area contributed by atoms with Crippen LogP contribution in [0.3, 0.4) is 0 Å². The van der Waals surface area contributed by atoms with Crippen LogP contribution in [0.5, 0.6) is 0 Å². The predicted molar refractivity (Wildman–Crippen MR) is 62.0 cm³/mol. The van der Waals surface area contributed by atoms with Crippen LogP contribution in [0.15, 0.2) is 18.2 Å². The Bertz CT molecular complexity index is 276. The Morgan fingerprint density at radius 2 is 2.00 bits per heavy atom. The monoisotopic (exact) mass is 174 g/mol. The normalized spacial score (nSPS) is 10.5. The zero-order chi connectivity index (χ0) is 9.84. The van der Waals surface area contributed by atoms with Crippen LogP contribution in [0.1, 0.15) is 36.5 Å². The Kier molecular flexibility index (Phi) is 3.59. The van der Waals surface area contributed by atoms with Gasteiger partial charge in [-0.2, -0.15) is 0 Å². The summed E-state index contributed by atoms with van der Waals surface area (Å²) in [5.41, 5.74) is 4.41. The third-order valence-electron chi connectivity index (χ3n) is 2.49. The van der Waals surface area contributed by atoms with Crippen molar-refractivity contribution in [1.29, 1.82) is 0 Å². The molecule has 0 aromatic heterocycles. The van der Waals surface area contributed by atoms with Crippen LogP contribution in [0.25, 0.3) is 0 Å². The first-order chi connectivity index (χ1) is 6.15. The molecule has 13 heavy (non-hydrogen) atoms. The molecule has 0 N–H and O–H groups in total. The molecule has 0 unspecified atom stereocenters.